The van der Waals surface area contributed by atoms with Gasteiger partial charge in [-0.1, -0.05) is 19.0 Å². The Hall–Kier alpha value is -4.29. The Morgan fingerprint density at radius 3 is 1.52 bits per heavy atom. The molecule has 0 saturated heterocycles. The van der Waals surface area contributed by atoms with E-state index in [0.29, 0.717) is 106 Å². The number of nitrogens with zero attached hydrogens (tertiary/aromatic N) is 3. The van der Waals surface area contributed by atoms with E-state index in [4.69, 9.17) is 53.9 Å². The fourth-order valence-corrected chi connectivity index (χ4v) is 4.91. The third-order valence-electron chi connectivity index (χ3n) is 8.12. The molecule has 5 amide bonds. The molecular formula is C39H65F2N8O13. The molecule has 0 aliphatic heterocycles. The van der Waals surface area contributed by atoms with E-state index < -0.39 is 53.0 Å². The average molecular weight is 892 g/mol. The van der Waals surface area contributed by atoms with Gasteiger partial charge >= 0.3 is 6.03 Å². The molecular weight excluding hydrogens is 826 g/mol. The van der Waals surface area contributed by atoms with Crippen LogP contribution in [-0.4, -0.2) is 168 Å². The van der Waals surface area contributed by atoms with E-state index in [1.54, 1.807) is 13.8 Å². The number of hydrogen-bond donors (Lipinski definition) is 5. The highest BCUT2D eigenvalue weighted by molar-refractivity contribution is 5.98. The van der Waals surface area contributed by atoms with Gasteiger partial charge in [-0.25, -0.2) is 13.6 Å². The molecule has 23 heteroatoms. The van der Waals surface area contributed by atoms with Gasteiger partial charge in [-0.2, -0.15) is 0 Å². The lowest BCUT2D eigenvalue weighted by Crippen LogP contribution is -2.54. The molecule has 0 spiro atoms. The molecule has 1 radical (unpaired) electrons. The summed E-state index contributed by atoms with van der Waals surface area (Å²) in [7, 11) is 0. The molecule has 6 N–H and O–H groups in total. The molecule has 1 rings (SSSR count). The number of primary amides is 1. The summed E-state index contributed by atoms with van der Waals surface area (Å²) in [4.78, 5) is 52.8. The summed E-state index contributed by atoms with van der Waals surface area (Å²) in [5.74, 6) is -4.19. The molecule has 1 aromatic rings. The average Bonchev–Trinajstić information content (AvgIpc) is 3.23. The Kier molecular flexibility index (Phi) is 33.5. The number of carbonyl (C=O) groups excluding carboxylic acids is 4. The number of ether oxygens (including phenoxy) is 9. The minimum absolute atomic E-state index is 0.0283. The highest BCUT2D eigenvalue weighted by Crippen LogP contribution is 2.18. The fourth-order valence-electron chi connectivity index (χ4n) is 4.91. The highest BCUT2D eigenvalue weighted by Gasteiger charge is 2.29. The zero-order chi connectivity index (χ0) is 45.6. The van der Waals surface area contributed by atoms with Crippen molar-refractivity contribution in [1.82, 2.24) is 16.0 Å². The predicted molar refractivity (Wildman–Crippen MR) is 221 cm³/mol. The lowest BCUT2D eigenvalue weighted by molar-refractivity contribution is -0.132. The number of amides is 5. The van der Waals surface area contributed by atoms with E-state index >= 15 is 0 Å². The number of rotatable bonds is 40. The van der Waals surface area contributed by atoms with Crippen LogP contribution in [0.15, 0.2) is 17.2 Å². The zero-order valence-electron chi connectivity index (χ0n) is 35.8. The normalized spacial score (nSPS) is 12.1. The number of urea groups is 1. The second kappa shape index (κ2) is 37.3. The van der Waals surface area contributed by atoms with Gasteiger partial charge in [0.15, 0.2) is 0 Å². The van der Waals surface area contributed by atoms with E-state index in [2.05, 4.69) is 38.2 Å². The molecule has 1 aromatic carbocycles. The van der Waals surface area contributed by atoms with E-state index in [1.807, 2.05) is 0 Å². The first-order valence-electron chi connectivity index (χ1n) is 20.4. The van der Waals surface area contributed by atoms with Crippen LogP contribution in [0.5, 0.6) is 0 Å². The van der Waals surface area contributed by atoms with Gasteiger partial charge in [0, 0.05) is 35.7 Å². The minimum atomic E-state index is -1.19. The maximum absolute atomic E-state index is 14.0. The second-order valence-corrected chi connectivity index (χ2v) is 13.4. The topological polar surface area (TPSA) is 274 Å². The number of nitrogens with one attached hydrogen (secondary N) is 4. The monoisotopic (exact) mass is 891 g/mol. The lowest BCUT2D eigenvalue weighted by atomic mass is 10.0. The zero-order valence-corrected chi connectivity index (χ0v) is 35.8. The van der Waals surface area contributed by atoms with Gasteiger partial charge in [-0.05, 0) is 43.3 Å². The SMILES string of the molecule is [CH2]c1c(F)cc(NC(=O)[C@H](CCCNC(N)=O)NC(=O)[C@@H](NC(=O)CCOCCOCCOCCOCCOCCOCCOCCOCCOCCN=[N+]=[N-])C(C)C)cc1F. The number of nitrogens with two attached hydrogens (primary N) is 1. The van der Waals surface area contributed by atoms with Gasteiger partial charge in [-0.15, -0.1) is 0 Å². The molecule has 0 bridgehead atoms. The molecule has 2 atom stereocenters. The van der Waals surface area contributed by atoms with Crippen LogP contribution >= 0.6 is 0 Å². The largest absolute Gasteiger partial charge is 0.379 e. The quantitative estimate of drug-likeness (QED) is 0.0273. The van der Waals surface area contributed by atoms with Gasteiger partial charge in [0.25, 0.3) is 0 Å². The van der Waals surface area contributed by atoms with Crippen LogP contribution in [0.2, 0.25) is 0 Å². The van der Waals surface area contributed by atoms with E-state index in [0.717, 1.165) is 12.1 Å². The van der Waals surface area contributed by atoms with Gasteiger partial charge in [-0.3, -0.25) is 14.4 Å². The van der Waals surface area contributed by atoms with Crippen molar-refractivity contribution in [2.24, 2.45) is 16.8 Å². The van der Waals surface area contributed by atoms with Crippen molar-refractivity contribution in [3.63, 3.8) is 0 Å². The van der Waals surface area contributed by atoms with Gasteiger partial charge < -0.3 is 69.6 Å². The standard InChI is InChI=1S/C39H65F2N8O13/c1-29(2)36(38(52)47-34(5-4-7-44-39(42)53)37(51)46-31-27-32(40)30(3)33(41)28-31)48-35(50)6-9-54-11-13-56-15-17-58-19-21-60-23-25-62-26-24-61-22-20-59-18-16-57-14-12-55-10-8-45-49-43/h27-29,34,36H,3-26H2,1-2H3,(H,46,51)(H,47,52)(H,48,50)(H3,42,44,53)/t34-,36-/m0/s1. The van der Waals surface area contributed by atoms with Gasteiger partial charge in [0.2, 0.25) is 17.7 Å². The summed E-state index contributed by atoms with van der Waals surface area (Å²) in [5.41, 5.74) is 12.6. The number of azide groups is 1. The summed E-state index contributed by atoms with van der Waals surface area (Å²) in [6.45, 7) is 13.9. The third-order valence-corrected chi connectivity index (χ3v) is 8.12. The van der Waals surface area contributed by atoms with Crippen molar-refractivity contribution in [3.8, 4) is 0 Å². The van der Waals surface area contributed by atoms with Crippen LogP contribution in [0.1, 0.15) is 38.7 Å². The van der Waals surface area contributed by atoms with Crippen molar-refractivity contribution in [2.75, 3.05) is 137 Å². The molecule has 0 heterocycles. The van der Waals surface area contributed by atoms with Crippen molar-refractivity contribution in [1.29, 1.82) is 0 Å². The maximum atomic E-state index is 14.0. The molecule has 0 aliphatic carbocycles. The Balaban J connectivity index is 2.10. The number of halogens is 2. The van der Waals surface area contributed by atoms with Crippen molar-refractivity contribution in [3.05, 3.63) is 46.7 Å². The van der Waals surface area contributed by atoms with E-state index in [9.17, 15) is 28.0 Å². The Morgan fingerprint density at radius 1 is 0.694 bits per heavy atom. The highest BCUT2D eigenvalue weighted by atomic mass is 19.1. The van der Waals surface area contributed by atoms with E-state index in [1.165, 1.54) is 0 Å². The van der Waals surface area contributed by atoms with Crippen molar-refractivity contribution >= 4 is 29.4 Å². The number of anilines is 1. The first-order valence-corrected chi connectivity index (χ1v) is 20.4. The third kappa shape index (κ3) is 29.9. The van der Waals surface area contributed by atoms with Gasteiger partial charge in [0.05, 0.1) is 119 Å². The molecule has 0 saturated carbocycles. The Morgan fingerprint density at radius 2 is 1.11 bits per heavy atom. The smallest absolute Gasteiger partial charge is 0.312 e. The predicted octanol–water partition coefficient (Wildman–Crippen LogP) is 2.01. The summed E-state index contributed by atoms with van der Waals surface area (Å²) in [6, 6.07) is -1.18. The van der Waals surface area contributed by atoms with Crippen LogP contribution in [-0.2, 0) is 57.0 Å². The van der Waals surface area contributed by atoms with Crippen molar-refractivity contribution < 1.29 is 70.6 Å². The number of hydrogen-bond acceptors (Lipinski definition) is 14. The minimum Gasteiger partial charge on any atom is -0.379 e. The molecule has 0 aliphatic rings. The Bertz CT molecular complexity index is 1420. The molecule has 0 fully saturated rings. The maximum Gasteiger partial charge on any atom is 0.312 e. The lowest BCUT2D eigenvalue weighted by Gasteiger charge is -2.25. The molecule has 353 valence electrons. The molecule has 0 unspecified atom stereocenters. The number of benzene rings is 1. The summed E-state index contributed by atoms with van der Waals surface area (Å²) >= 11 is 0. The van der Waals surface area contributed by atoms with Crippen LogP contribution in [0.4, 0.5) is 19.3 Å². The van der Waals surface area contributed by atoms with Crippen molar-refractivity contribution in [2.45, 2.75) is 45.2 Å². The van der Waals surface area contributed by atoms with Gasteiger partial charge in [0.1, 0.15) is 23.7 Å². The molecule has 21 nitrogen and oxygen atoms in total. The van der Waals surface area contributed by atoms with E-state index in [-0.39, 0.29) is 57.2 Å². The van der Waals surface area contributed by atoms with Crippen LogP contribution < -0.4 is 27.0 Å². The first-order chi connectivity index (χ1) is 30.0. The van der Waals surface area contributed by atoms with Crippen LogP contribution in [0.3, 0.4) is 0 Å². The summed E-state index contributed by atoms with van der Waals surface area (Å²) in [6.07, 6.45) is 0.205. The first kappa shape index (κ1) is 55.7. The van der Waals surface area contributed by atoms with Crippen LogP contribution in [0.25, 0.3) is 10.4 Å². The van der Waals surface area contributed by atoms with Crippen LogP contribution in [0, 0.1) is 24.5 Å². The second-order valence-electron chi connectivity index (χ2n) is 13.4. The fraction of sp³-hybridized carbons (Fsp3) is 0.718. The Labute approximate surface area is 361 Å². The summed E-state index contributed by atoms with van der Waals surface area (Å²) < 4.78 is 76.8. The summed E-state index contributed by atoms with van der Waals surface area (Å²) in [5, 5.41) is 13.4. The molecule has 0 aromatic heterocycles. The number of carbonyl (C=O) groups is 4. The molecule has 62 heavy (non-hydrogen) atoms.